The van der Waals surface area contributed by atoms with Gasteiger partial charge >= 0.3 is 0 Å². The van der Waals surface area contributed by atoms with E-state index in [4.69, 9.17) is 10.5 Å². The third-order valence-corrected chi connectivity index (χ3v) is 3.32. The van der Waals surface area contributed by atoms with E-state index in [1.165, 1.54) is 0 Å². The second kappa shape index (κ2) is 6.81. The Bertz CT molecular complexity index is 371. The smallest absolute Gasteiger partial charge is 0.149 e. The minimum atomic E-state index is -0.0564. The van der Waals surface area contributed by atoms with E-state index in [1.54, 1.807) is 13.3 Å². The van der Waals surface area contributed by atoms with Crippen molar-refractivity contribution in [2.45, 2.75) is 32.8 Å². The Morgan fingerprint density at radius 2 is 2.29 bits per heavy atom. The maximum Gasteiger partial charge on any atom is 0.149 e. The van der Waals surface area contributed by atoms with Gasteiger partial charge in [-0.15, -0.1) is 0 Å². The topological polar surface area (TPSA) is 60.2 Å². The minimum Gasteiger partial charge on any atom is -0.395 e. The van der Waals surface area contributed by atoms with E-state index in [2.05, 4.69) is 33.2 Å². The molecule has 1 aromatic rings. The summed E-state index contributed by atoms with van der Waals surface area (Å²) in [5.41, 5.74) is 7.71. The first-order chi connectivity index (χ1) is 8.11. The summed E-state index contributed by atoms with van der Waals surface area (Å²) in [5.74, 6) is 0.737. The van der Waals surface area contributed by atoms with Gasteiger partial charge in [-0.25, -0.2) is 4.98 Å². The molecule has 4 nitrogen and oxygen atoms in total. The highest BCUT2D eigenvalue weighted by atomic mass is 79.9. The number of ether oxygens (including phenoxy) is 1. The number of aromatic nitrogens is 1. The lowest BCUT2D eigenvalue weighted by Gasteiger charge is -2.17. The number of unbranched alkanes of at least 4 members (excludes halogenated alkanes) is 1. The van der Waals surface area contributed by atoms with Crippen LogP contribution in [0.1, 0.15) is 38.4 Å². The number of nitrogens with one attached hydrogen (secondary N) is 1. The van der Waals surface area contributed by atoms with Crippen LogP contribution < -0.4 is 11.1 Å². The lowest BCUT2D eigenvalue weighted by Crippen LogP contribution is -2.10. The summed E-state index contributed by atoms with van der Waals surface area (Å²) in [6, 6.07) is 0. The van der Waals surface area contributed by atoms with Crippen molar-refractivity contribution in [3.8, 4) is 0 Å². The predicted molar refractivity (Wildman–Crippen MR) is 75.2 cm³/mol. The summed E-state index contributed by atoms with van der Waals surface area (Å²) in [6.45, 7) is 5.00. The molecule has 1 unspecified atom stereocenters. The third-order valence-electron chi connectivity index (χ3n) is 2.69. The SMILES string of the molecule is CCCCNc1ncc(Br)c(C(C)OC)c1N. The molecule has 1 aromatic heterocycles. The number of nitrogens with two attached hydrogens (primary N) is 1. The van der Waals surface area contributed by atoms with Crippen LogP contribution in [0.2, 0.25) is 0 Å². The number of anilines is 2. The summed E-state index contributed by atoms with van der Waals surface area (Å²) in [4.78, 5) is 4.29. The Hall–Kier alpha value is -0.810. The molecule has 0 amide bonds. The molecular weight excluding hydrogens is 282 g/mol. The molecule has 0 spiro atoms. The first-order valence-electron chi connectivity index (χ1n) is 5.82. The summed E-state index contributed by atoms with van der Waals surface area (Å²) in [6.07, 6.45) is 3.95. The van der Waals surface area contributed by atoms with E-state index in [0.717, 1.165) is 35.2 Å². The number of hydrogen-bond acceptors (Lipinski definition) is 4. The summed E-state index contributed by atoms with van der Waals surface area (Å²) in [5, 5.41) is 3.25. The standard InChI is InChI=1S/C12H20BrN3O/c1-4-5-6-15-12-11(14)10(8(2)17-3)9(13)7-16-12/h7-8H,4-6,14H2,1-3H3,(H,15,16). The van der Waals surface area contributed by atoms with Crippen LogP contribution in [0.15, 0.2) is 10.7 Å². The summed E-state index contributed by atoms with van der Waals surface area (Å²) >= 11 is 3.45. The maximum atomic E-state index is 6.11. The molecule has 17 heavy (non-hydrogen) atoms. The van der Waals surface area contributed by atoms with E-state index in [-0.39, 0.29) is 6.10 Å². The number of halogens is 1. The first kappa shape index (κ1) is 14.3. The summed E-state index contributed by atoms with van der Waals surface area (Å²) < 4.78 is 6.19. The number of hydrogen-bond donors (Lipinski definition) is 2. The maximum absolute atomic E-state index is 6.11. The molecule has 1 atom stereocenters. The van der Waals surface area contributed by atoms with Gasteiger partial charge in [0.1, 0.15) is 5.82 Å². The Balaban J connectivity index is 2.93. The molecule has 0 fully saturated rings. The Morgan fingerprint density at radius 1 is 1.59 bits per heavy atom. The highest BCUT2D eigenvalue weighted by molar-refractivity contribution is 9.10. The predicted octanol–water partition coefficient (Wildman–Crippen LogP) is 3.35. The third kappa shape index (κ3) is 3.57. The van der Waals surface area contributed by atoms with Crippen molar-refractivity contribution in [3.63, 3.8) is 0 Å². The lowest BCUT2D eigenvalue weighted by atomic mass is 10.1. The zero-order valence-corrected chi connectivity index (χ0v) is 12.2. The zero-order chi connectivity index (χ0) is 12.8. The van der Waals surface area contributed by atoms with Gasteiger partial charge in [-0.3, -0.25) is 0 Å². The van der Waals surface area contributed by atoms with Crippen LogP contribution in [0.4, 0.5) is 11.5 Å². The van der Waals surface area contributed by atoms with Gasteiger partial charge in [-0.05, 0) is 29.3 Å². The van der Waals surface area contributed by atoms with E-state index >= 15 is 0 Å². The van der Waals surface area contributed by atoms with Crippen molar-refractivity contribution in [2.24, 2.45) is 0 Å². The van der Waals surface area contributed by atoms with Crippen LogP contribution in [0, 0.1) is 0 Å². The zero-order valence-electron chi connectivity index (χ0n) is 10.6. The van der Waals surface area contributed by atoms with Crippen molar-refractivity contribution in [2.75, 3.05) is 24.7 Å². The Labute approximate surface area is 111 Å². The van der Waals surface area contributed by atoms with E-state index in [0.29, 0.717) is 5.69 Å². The lowest BCUT2D eigenvalue weighted by molar-refractivity contribution is 0.119. The van der Waals surface area contributed by atoms with Gasteiger partial charge in [0.2, 0.25) is 0 Å². The van der Waals surface area contributed by atoms with Crippen molar-refractivity contribution in [1.29, 1.82) is 0 Å². The van der Waals surface area contributed by atoms with Gasteiger partial charge in [0.25, 0.3) is 0 Å². The van der Waals surface area contributed by atoms with Gasteiger partial charge < -0.3 is 15.8 Å². The fourth-order valence-electron chi connectivity index (χ4n) is 1.57. The van der Waals surface area contributed by atoms with Crippen LogP contribution in [-0.2, 0) is 4.74 Å². The molecule has 0 saturated heterocycles. The van der Waals surface area contributed by atoms with Gasteiger partial charge in [0, 0.05) is 29.9 Å². The van der Waals surface area contributed by atoms with Crippen molar-refractivity contribution >= 4 is 27.4 Å². The van der Waals surface area contributed by atoms with E-state index in [1.807, 2.05) is 6.92 Å². The second-order valence-electron chi connectivity index (χ2n) is 3.94. The second-order valence-corrected chi connectivity index (χ2v) is 4.79. The monoisotopic (exact) mass is 301 g/mol. The quantitative estimate of drug-likeness (QED) is 0.791. The molecule has 1 heterocycles. The van der Waals surface area contributed by atoms with Crippen molar-refractivity contribution in [1.82, 2.24) is 4.98 Å². The van der Waals surface area contributed by atoms with Crippen LogP contribution in [0.5, 0.6) is 0 Å². The molecule has 0 aliphatic rings. The number of nitrogen functional groups attached to an aromatic ring is 1. The largest absolute Gasteiger partial charge is 0.395 e. The molecule has 3 N–H and O–H groups in total. The molecule has 0 aliphatic heterocycles. The average molecular weight is 302 g/mol. The Morgan fingerprint density at radius 3 is 2.88 bits per heavy atom. The van der Waals surface area contributed by atoms with Crippen LogP contribution >= 0.6 is 15.9 Å². The highest BCUT2D eigenvalue weighted by Gasteiger charge is 2.16. The number of nitrogens with zero attached hydrogens (tertiary/aromatic N) is 1. The van der Waals surface area contributed by atoms with Crippen molar-refractivity contribution < 1.29 is 4.74 Å². The van der Waals surface area contributed by atoms with Gasteiger partial charge in [-0.1, -0.05) is 13.3 Å². The molecule has 0 bridgehead atoms. The molecule has 96 valence electrons. The number of rotatable bonds is 6. The molecule has 0 radical (unpaired) electrons. The van der Waals surface area contributed by atoms with Crippen LogP contribution in [0.3, 0.4) is 0 Å². The molecular formula is C12H20BrN3O. The molecule has 0 aromatic carbocycles. The first-order valence-corrected chi connectivity index (χ1v) is 6.61. The van der Waals surface area contributed by atoms with E-state index < -0.39 is 0 Å². The van der Waals surface area contributed by atoms with Crippen LogP contribution in [-0.4, -0.2) is 18.6 Å². The van der Waals surface area contributed by atoms with Gasteiger partial charge in [0.05, 0.1) is 11.8 Å². The minimum absolute atomic E-state index is 0.0564. The normalized spacial score (nSPS) is 12.5. The van der Waals surface area contributed by atoms with Gasteiger partial charge in [-0.2, -0.15) is 0 Å². The van der Waals surface area contributed by atoms with Gasteiger partial charge in [0.15, 0.2) is 0 Å². The average Bonchev–Trinajstić information content (AvgIpc) is 2.32. The fraction of sp³-hybridized carbons (Fsp3) is 0.583. The number of methoxy groups -OCH3 is 1. The fourth-order valence-corrected chi connectivity index (χ4v) is 2.21. The molecule has 0 aliphatic carbocycles. The summed E-state index contributed by atoms with van der Waals surface area (Å²) in [7, 11) is 1.67. The van der Waals surface area contributed by atoms with Crippen molar-refractivity contribution in [3.05, 3.63) is 16.2 Å². The molecule has 1 rings (SSSR count). The van der Waals surface area contributed by atoms with E-state index in [9.17, 15) is 0 Å². The number of pyridine rings is 1. The van der Waals surface area contributed by atoms with Crippen LogP contribution in [0.25, 0.3) is 0 Å². The molecule has 5 heteroatoms. The Kier molecular flexibility index (Phi) is 5.71. The molecule has 0 saturated carbocycles. The highest BCUT2D eigenvalue weighted by Crippen LogP contribution is 2.33.